The topological polar surface area (TPSA) is 90.3 Å². The zero-order chi connectivity index (χ0) is 17.1. The van der Waals surface area contributed by atoms with E-state index in [0.29, 0.717) is 0 Å². The number of methoxy groups -OCH3 is 1. The van der Waals surface area contributed by atoms with Gasteiger partial charge in [0.2, 0.25) is 0 Å². The van der Waals surface area contributed by atoms with E-state index in [-0.39, 0.29) is 22.6 Å². The van der Waals surface area contributed by atoms with Gasteiger partial charge in [-0.15, -0.1) is 0 Å². The van der Waals surface area contributed by atoms with Crippen molar-refractivity contribution in [2.45, 2.75) is 6.61 Å². The van der Waals surface area contributed by atoms with Crippen LogP contribution < -0.4 is 10.5 Å². The Morgan fingerprint density at radius 1 is 1.43 bits per heavy atom. The first-order valence-corrected chi connectivity index (χ1v) is 6.13. The fourth-order valence-corrected chi connectivity index (χ4v) is 1.98. The van der Waals surface area contributed by atoms with Crippen molar-refractivity contribution in [3.05, 3.63) is 41.5 Å². The molecule has 0 spiro atoms. The van der Waals surface area contributed by atoms with Gasteiger partial charge in [0, 0.05) is 12.3 Å². The lowest BCUT2D eigenvalue weighted by atomic mass is 10.2. The third-order valence-electron chi connectivity index (χ3n) is 2.94. The number of anilines is 1. The van der Waals surface area contributed by atoms with Crippen LogP contribution in [0.1, 0.15) is 16.1 Å². The normalized spacial score (nSPS) is 10.4. The Morgan fingerprint density at radius 3 is 2.70 bits per heavy atom. The molecule has 0 atom stereocenters. The Bertz CT molecular complexity index is 797. The number of nitrogens with two attached hydrogens (primary N) is 1. The Labute approximate surface area is 128 Å². The monoisotopic (exact) mass is 325 g/mol. The van der Waals surface area contributed by atoms with Crippen LogP contribution in [0.5, 0.6) is 5.75 Å². The zero-order valence-corrected chi connectivity index (χ0v) is 11.7. The van der Waals surface area contributed by atoms with E-state index < -0.39 is 24.1 Å². The first kappa shape index (κ1) is 16.2. The predicted molar refractivity (Wildman–Crippen MR) is 72.8 cm³/mol. The summed E-state index contributed by atoms with van der Waals surface area (Å²) >= 11 is 0. The summed E-state index contributed by atoms with van der Waals surface area (Å²) in [7, 11) is 1.08. The minimum Gasteiger partial charge on any atom is -0.464 e. The summed E-state index contributed by atoms with van der Waals surface area (Å²) < 4.78 is 48.3. The van der Waals surface area contributed by atoms with Crippen molar-refractivity contribution in [1.82, 2.24) is 4.57 Å². The summed E-state index contributed by atoms with van der Waals surface area (Å²) in [6, 6.07) is 4.50. The number of rotatable bonds is 4. The molecule has 0 saturated heterocycles. The van der Waals surface area contributed by atoms with Gasteiger partial charge in [0.25, 0.3) is 0 Å². The van der Waals surface area contributed by atoms with Gasteiger partial charge in [0.05, 0.1) is 24.0 Å². The molecular weight excluding hydrogens is 315 g/mol. The molecule has 23 heavy (non-hydrogen) atoms. The number of nitriles is 1. The van der Waals surface area contributed by atoms with Crippen LogP contribution in [0, 0.1) is 17.1 Å². The number of nitrogens with zero attached hydrogens (tertiary/aromatic N) is 2. The van der Waals surface area contributed by atoms with Crippen LogP contribution in [0.4, 0.5) is 18.9 Å². The minimum atomic E-state index is -3.16. The molecule has 0 aliphatic carbocycles. The van der Waals surface area contributed by atoms with Gasteiger partial charge >= 0.3 is 12.6 Å². The SMILES string of the molecule is COC(=O)c1c(N)c(C#N)cn1-c1cc(F)ccc1OC(F)F. The quantitative estimate of drug-likeness (QED) is 0.872. The van der Waals surface area contributed by atoms with E-state index >= 15 is 0 Å². The van der Waals surface area contributed by atoms with E-state index in [0.717, 1.165) is 36.1 Å². The van der Waals surface area contributed by atoms with E-state index in [4.69, 9.17) is 11.0 Å². The van der Waals surface area contributed by atoms with Crippen LogP contribution in [0.3, 0.4) is 0 Å². The fraction of sp³-hybridized carbons (Fsp3) is 0.143. The van der Waals surface area contributed by atoms with E-state index in [2.05, 4.69) is 9.47 Å². The summed E-state index contributed by atoms with van der Waals surface area (Å²) in [5.41, 5.74) is 4.85. The minimum absolute atomic E-state index is 0.0994. The van der Waals surface area contributed by atoms with Crippen LogP contribution in [0.25, 0.3) is 5.69 Å². The molecule has 120 valence electrons. The summed E-state index contributed by atoms with van der Waals surface area (Å²) in [5.74, 6) is -2.08. The number of esters is 1. The highest BCUT2D eigenvalue weighted by molar-refractivity contribution is 5.96. The Hall–Kier alpha value is -3.15. The second-order valence-corrected chi connectivity index (χ2v) is 4.27. The highest BCUT2D eigenvalue weighted by Gasteiger charge is 2.24. The summed E-state index contributed by atoms with van der Waals surface area (Å²) in [6.45, 7) is -3.16. The average molecular weight is 325 g/mol. The number of hydrogen-bond donors (Lipinski definition) is 1. The largest absolute Gasteiger partial charge is 0.464 e. The van der Waals surface area contributed by atoms with Crippen LogP contribution in [0.15, 0.2) is 24.4 Å². The maximum atomic E-state index is 13.5. The van der Waals surface area contributed by atoms with E-state index in [1.807, 2.05) is 0 Å². The lowest BCUT2D eigenvalue weighted by Crippen LogP contribution is -2.13. The second-order valence-electron chi connectivity index (χ2n) is 4.27. The third-order valence-corrected chi connectivity index (χ3v) is 2.94. The van der Waals surface area contributed by atoms with E-state index in [1.54, 1.807) is 6.07 Å². The number of aromatic nitrogens is 1. The van der Waals surface area contributed by atoms with Gasteiger partial charge < -0.3 is 19.8 Å². The van der Waals surface area contributed by atoms with Crippen molar-refractivity contribution in [1.29, 1.82) is 5.26 Å². The molecular formula is C14H10F3N3O3. The van der Waals surface area contributed by atoms with Crippen molar-refractivity contribution in [3.8, 4) is 17.5 Å². The molecule has 0 aliphatic rings. The number of benzene rings is 1. The molecule has 1 heterocycles. The van der Waals surface area contributed by atoms with Crippen LogP contribution in [-0.2, 0) is 4.74 Å². The van der Waals surface area contributed by atoms with Gasteiger partial charge in [-0.05, 0) is 12.1 Å². The van der Waals surface area contributed by atoms with Crippen molar-refractivity contribution in [2.24, 2.45) is 0 Å². The van der Waals surface area contributed by atoms with Crippen molar-refractivity contribution in [3.63, 3.8) is 0 Å². The zero-order valence-electron chi connectivity index (χ0n) is 11.7. The van der Waals surface area contributed by atoms with E-state index in [9.17, 15) is 18.0 Å². The first-order chi connectivity index (χ1) is 10.9. The first-order valence-electron chi connectivity index (χ1n) is 6.13. The van der Waals surface area contributed by atoms with Crippen LogP contribution in [-0.4, -0.2) is 24.3 Å². The van der Waals surface area contributed by atoms with Crippen LogP contribution >= 0.6 is 0 Å². The molecule has 0 amide bonds. The molecule has 0 saturated carbocycles. The summed E-state index contributed by atoms with van der Waals surface area (Å²) in [5, 5.41) is 9.01. The Balaban J connectivity index is 2.74. The van der Waals surface area contributed by atoms with Gasteiger partial charge in [-0.1, -0.05) is 0 Å². The van der Waals surface area contributed by atoms with Crippen molar-refractivity contribution >= 4 is 11.7 Å². The lowest BCUT2D eigenvalue weighted by molar-refractivity contribution is -0.0498. The number of hydrogen-bond acceptors (Lipinski definition) is 5. The van der Waals surface area contributed by atoms with Gasteiger partial charge in [-0.3, -0.25) is 0 Å². The van der Waals surface area contributed by atoms with Crippen molar-refractivity contribution < 1.29 is 27.4 Å². The van der Waals surface area contributed by atoms with Crippen molar-refractivity contribution in [2.75, 3.05) is 12.8 Å². The standard InChI is InChI=1S/C14H10F3N3O3/c1-22-13(21)12-11(19)7(5-18)6-20(12)9-4-8(15)2-3-10(9)23-14(16)17/h2-4,6,14H,19H2,1H3. The average Bonchev–Trinajstić information content (AvgIpc) is 2.84. The molecule has 2 N–H and O–H groups in total. The molecule has 0 radical (unpaired) electrons. The number of alkyl halides is 2. The lowest BCUT2D eigenvalue weighted by Gasteiger charge is -2.14. The summed E-state index contributed by atoms with van der Waals surface area (Å²) in [4.78, 5) is 11.9. The molecule has 0 fully saturated rings. The smallest absolute Gasteiger partial charge is 0.387 e. The highest BCUT2D eigenvalue weighted by Crippen LogP contribution is 2.31. The fourth-order valence-electron chi connectivity index (χ4n) is 1.98. The molecule has 2 rings (SSSR count). The molecule has 0 unspecified atom stereocenters. The van der Waals surface area contributed by atoms with Crippen LogP contribution in [0.2, 0.25) is 0 Å². The number of nitrogen functional groups attached to an aromatic ring is 1. The maximum Gasteiger partial charge on any atom is 0.387 e. The number of carbonyl (C=O) groups is 1. The Kier molecular flexibility index (Phi) is 4.45. The predicted octanol–water partition coefficient (Wildman–Crippen LogP) is 2.46. The second kappa shape index (κ2) is 6.31. The molecule has 1 aromatic carbocycles. The molecule has 9 heteroatoms. The highest BCUT2D eigenvalue weighted by atomic mass is 19.3. The van der Waals surface area contributed by atoms with E-state index in [1.165, 1.54) is 0 Å². The molecule has 0 bridgehead atoms. The van der Waals surface area contributed by atoms with Gasteiger partial charge in [0.15, 0.2) is 5.69 Å². The Morgan fingerprint density at radius 2 is 2.13 bits per heavy atom. The summed E-state index contributed by atoms with van der Waals surface area (Å²) in [6.07, 6.45) is 1.11. The molecule has 0 aliphatic heterocycles. The number of carbonyl (C=O) groups excluding carboxylic acids is 1. The third kappa shape index (κ3) is 3.06. The van der Waals surface area contributed by atoms with Gasteiger partial charge in [-0.2, -0.15) is 14.0 Å². The van der Waals surface area contributed by atoms with Gasteiger partial charge in [-0.25, -0.2) is 9.18 Å². The maximum absolute atomic E-state index is 13.5. The molecule has 1 aromatic heterocycles. The number of halogens is 3. The van der Waals surface area contributed by atoms with Gasteiger partial charge in [0.1, 0.15) is 17.6 Å². The molecule has 2 aromatic rings. The number of ether oxygens (including phenoxy) is 2. The molecule has 6 nitrogen and oxygen atoms in total.